The molecule has 0 radical (unpaired) electrons. The van der Waals surface area contributed by atoms with Crippen molar-refractivity contribution < 1.29 is 18.3 Å². The smallest absolute Gasteiger partial charge is 0.241 e. The van der Waals surface area contributed by atoms with E-state index in [9.17, 15) is 13.6 Å². The van der Waals surface area contributed by atoms with Gasteiger partial charge in [-0.1, -0.05) is 37.3 Å². The summed E-state index contributed by atoms with van der Waals surface area (Å²) in [7, 11) is 1.91. The van der Waals surface area contributed by atoms with Gasteiger partial charge in [-0.15, -0.1) is 0 Å². The van der Waals surface area contributed by atoms with Crippen molar-refractivity contribution in [2.24, 2.45) is 0 Å². The number of fused-ring (bicyclic) bond motifs is 1. The van der Waals surface area contributed by atoms with Crippen molar-refractivity contribution in [3.05, 3.63) is 95.1 Å². The van der Waals surface area contributed by atoms with Crippen LogP contribution >= 0.6 is 0 Å². The summed E-state index contributed by atoms with van der Waals surface area (Å²) in [6.45, 7) is 4.10. The highest BCUT2D eigenvalue weighted by Crippen LogP contribution is 2.39. The zero-order valence-electron chi connectivity index (χ0n) is 20.3. The molecule has 1 amide bonds. The molecule has 1 unspecified atom stereocenters. The predicted molar refractivity (Wildman–Crippen MR) is 135 cm³/mol. The van der Waals surface area contributed by atoms with Crippen LogP contribution in [0.15, 0.2) is 66.7 Å². The fourth-order valence-electron chi connectivity index (χ4n) is 4.67. The molecule has 4 rings (SSSR count). The average Bonchev–Trinajstić information content (AvgIpc) is 3.03. The molecular formula is C29H32F2N2O2. The third kappa shape index (κ3) is 6.25. The van der Waals surface area contributed by atoms with E-state index in [1.54, 1.807) is 23.1 Å². The zero-order chi connectivity index (χ0) is 24.8. The third-order valence-corrected chi connectivity index (χ3v) is 6.36. The van der Waals surface area contributed by atoms with Crippen LogP contribution in [0.5, 0.6) is 5.75 Å². The molecule has 0 bridgehead atoms. The molecule has 0 aliphatic carbocycles. The Morgan fingerprint density at radius 1 is 1.03 bits per heavy atom. The van der Waals surface area contributed by atoms with Crippen molar-refractivity contribution in [3.8, 4) is 5.75 Å². The van der Waals surface area contributed by atoms with Gasteiger partial charge in [0, 0.05) is 19.0 Å². The fraction of sp³-hybridized carbons (Fsp3) is 0.345. The van der Waals surface area contributed by atoms with Crippen LogP contribution in [-0.4, -0.2) is 37.6 Å². The molecule has 1 aliphatic heterocycles. The SMILES string of the molecule is CCCOc1ccc(CN(C)CC(=O)N2CCCC(c3ccc(F)cc3)c3ccc(F)cc32)cc1. The van der Waals surface area contributed by atoms with Gasteiger partial charge >= 0.3 is 0 Å². The first kappa shape index (κ1) is 24.9. The molecule has 0 aromatic heterocycles. The Bertz CT molecular complexity index is 1130. The Labute approximate surface area is 206 Å². The van der Waals surface area contributed by atoms with Crippen LogP contribution < -0.4 is 9.64 Å². The molecule has 0 saturated carbocycles. The summed E-state index contributed by atoms with van der Waals surface area (Å²) in [4.78, 5) is 17.1. The molecule has 3 aromatic rings. The largest absolute Gasteiger partial charge is 0.494 e. The molecule has 0 saturated heterocycles. The van der Waals surface area contributed by atoms with E-state index in [4.69, 9.17) is 4.74 Å². The van der Waals surface area contributed by atoms with E-state index < -0.39 is 0 Å². The molecule has 4 nitrogen and oxygen atoms in total. The van der Waals surface area contributed by atoms with Gasteiger partial charge in [0.1, 0.15) is 17.4 Å². The van der Waals surface area contributed by atoms with Crippen LogP contribution in [0.25, 0.3) is 0 Å². The van der Waals surface area contributed by atoms with Crippen molar-refractivity contribution in [1.82, 2.24) is 4.90 Å². The van der Waals surface area contributed by atoms with Gasteiger partial charge in [0.25, 0.3) is 0 Å². The number of carbonyl (C=O) groups is 1. The second-order valence-corrected chi connectivity index (χ2v) is 9.16. The Morgan fingerprint density at radius 2 is 1.74 bits per heavy atom. The van der Waals surface area contributed by atoms with Crippen molar-refractivity contribution in [2.75, 3.05) is 31.6 Å². The lowest BCUT2D eigenvalue weighted by molar-refractivity contribution is -0.119. The minimum absolute atomic E-state index is 0.0184. The van der Waals surface area contributed by atoms with Gasteiger partial charge in [-0.2, -0.15) is 0 Å². The van der Waals surface area contributed by atoms with Crippen LogP contribution in [0.4, 0.5) is 14.5 Å². The first-order chi connectivity index (χ1) is 16.9. The van der Waals surface area contributed by atoms with E-state index in [1.165, 1.54) is 24.3 Å². The van der Waals surface area contributed by atoms with E-state index >= 15 is 0 Å². The second-order valence-electron chi connectivity index (χ2n) is 9.16. The molecule has 35 heavy (non-hydrogen) atoms. The predicted octanol–water partition coefficient (Wildman–Crippen LogP) is 6.14. The standard InChI is InChI=1S/C29H32F2N2O2/c1-3-17-35-25-13-6-21(7-14-25)19-32(2)20-29(34)33-16-4-5-26(22-8-10-23(30)11-9-22)27-15-12-24(31)18-28(27)33/h6-15,18,26H,3-5,16-17,19-20H2,1-2H3. The van der Waals surface area contributed by atoms with Crippen LogP contribution in [0.1, 0.15) is 48.8 Å². The number of nitrogens with zero attached hydrogens (tertiary/aromatic N) is 2. The number of benzene rings is 3. The van der Waals surface area contributed by atoms with Gasteiger partial charge < -0.3 is 9.64 Å². The summed E-state index contributed by atoms with van der Waals surface area (Å²) in [6.07, 6.45) is 2.53. The first-order valence-electron chi connectivity index (χ1n) is 12.2. The summed E-state index contributed by atoms with van der Waals surface area (Å²) in [6, 6.07) is 19.0. The Morgan fingerprint density at radius 3 is 2.46 bits per heavy atom. The maximum atomic E-state index is 14.3. The first-order valence-corrected chi connectivity index (χ1v) is 12.2. The highest BCUT2D eigenvalue weighted by molar-refractivity contribution is 5.96. The molecule has 0 spiro atoms. The minimum Gasteiger partial charge on any atom is -0.494 e. The van der Waals surface area contributed by atoms with Gasteiger partial charge in [-0.3, -0.25) is 9.69 Å². The number of likely N-dealkylation sites (N-methyl/N-ethyl adjacent to an activating group) is 1. The van der Waals surface area contributed by atoms with E-state index in [0.717, 1.165) is 41.7 Å². The number of halogens is 2. The third-order valence-electron chi connectivity index (χ3n) is 6.36. The Hall–Kier alpha value is -3.25. The molecular weight excluding hydrogens is 446 g/mol. The quantitative estimate of drug-likeness (QED) is 0.390. The van der Waals surface area contributed by atoms with E-state index in [-0.39, 0.29) is 30.0 Å². The van der Waals surface area contributed by atoms with Gasteiger partial charge in [0.05, 0.1) is 18.8 Å². The monoisotopic (exact) mass is 478 g/mol. The van der Waals surface area contributed by atoms with Gasteiger partial charge in [0.15, 0.2) is 0 Å². The number of carbonyl (C=O) groups excluding carboxylic acids is 1. The number of anilines is 1. The number of ether oxygens (including phenoxy) is 1. The van der Waals surface area contributed by atoms with E-state index in [2.05, 4.69) is 6.92 Å². The normalized spacial score (nSPS) is 15.6. The van der Waals surface area contributed by atoms with Gasteiger partial charge in [0.2, 0.25) is 5.91 Å². The Balaban J connectivity index is 1.49. The van der Waals surface area contributed by atoms with Crippen LogP contribution in [0.2, 0.25) is 0 Å². The van der Waals surface area contributed by atoms with Gasteiger partial charge in [-0.05, 0) is 79.4 Å². The average molecular weight is 479 g/mol. The molecule has 184 valence electrons. The number of rotatable bonds is 8. The number of amides is 1. The molecule has 1 atom stereocenters. The fourth-order valence-corrected chi connectivity index (χ4v) is 4.67. The molecule has 0 N–H and O–H groups in total. The van der Waals surface area contributed by atoms with E-state index in [0.29, 0.717) is 25.4 Å². The summed E-state index contributed by atoms with van der Waals surface area (Å²) in [5, 5.41) is 0. The van der Waals surface area contributed by atoms with Crippen molar-refractivity contribution >= 4 is 11.6 Å². The highest BCUT2D eigenvalue weighted by Gasteiger charge is 2.28. The summed E-state index contributed by atoms with van der Waals surface area (Å²) in [5.74, 6) is 0.0927. The summed E-state index contributed by atoms with van der Waals surface area (Å²) in [5.41, 5.74) is 3.56. The Kier molecular flexibility index (Phi) is 8.13. The second kappa shape index (κ2) is 11.5. The molecule has 1 heterocycles. The van der Waals surface area contributed by atoms with Crippen molar-refractivity contribution in [3.63, 3.8) is 0 Å². The minimum atomic E-state index is -0.375. The highest BCUT2D eigenvalue weighted by atomic mass is 19.1. The van der Waals surface area contributed by atoms with Crippen LogP contribution in [0, 0.1) is 11.6 Å². The lowest BCUT2D eigenvalue weighted by Crippen LogP contribution is -2.39. The van der Waals surface area contributed by atoms with Crippen molar-refractivity contribution in [2.45, 2.75) is 38.6 Å². The molecule has 1 aliphatic rings. The zero-order valence-corrected chi connectivity index (χ0v) is 20.3. The van der Waals surface area contributed by atoms with E-state index in [1.807, 2.05) is 36.2 Å². The maximum absolute atomic E-state index is 14.3. The van der Waals surface area contributed by atoms with Crippen molar-refractivity contribution in [1.29, 1.82) is 0 Å². The van der Waals surface area contributed by atoms with Crippen LogP contribution in [0.3, 0.4) is 0 Å². The number of hydrogen-bond donors (Lipinski definition) is 0. The lowest BCUT2D eigenvalue weighted by Gasteiger charge is -2.27. The topological polar surface area (TPSA) is 32.8 Å². The molecule has 3 aromatic carbocycles. The lowest BCUT2D eigenvalue weighted by atomic mass is 9.87. The number of hydrogen-bond acceptors (Lipinski definition) is 3. The maximum Gasteiger partial charge on any atom is 0.241 e. The van der Waals surface area contributed by atoms with Gasteiger partial charge in [-0.25, -0.2) is 8.78 Å². The molecule has 0 fully saturated rings. The van der Waals surface area contributed by atoms with Crippen LogP contribution in [-0.2, 0) is 11.3 Å². The summed E-state index contributed by atoms with van der Waals surface area (Å²) >= 11 is 0. The molecule has 6 heteroatoms. The summed E-state index contributed by atoms with van der Waals surface area (Å²) < 4.78 is 33.4.